The normalized spacial score (nSPS) is 30.4. The van der Waals surface area contributed by atoms with Crippen LogP contribution in [0.25, 0.3) is 0 Å². The van der Waals surface area contributed by atoms with E-state index in [1.807, 2.05) is 14.0 Å². The summed E-state index contributed by atoms with van der Waals surface area (Å²) in [5, 5.41) is 3.19. The summed E-state index contributed by atoms with van der Waals surface area (Å²) in [5.74, 6) is -0.0935. The molecule has 0 radical (unpaired) electrons. The molecule has 4 nitrogen and oxygen atoms in total. The van der Waals surface area contributed by atoms with Crippen LogP contribution in [0.4, 0.5) is 0 Å². The van der Waals surface area contributed by atoms with E-state index in [0.29, 0.717) is 12.6 Å². The van der Waals surface area contributed by atoms with Gasteiger partial charge in [-0.15, -0.1) is 0 Å². The fourth-order valence-corrected chi connectivity index (χ4v) is 2.47. The first kappa shape index (κ1) is 13.5. The number of nitrogens with zero attached hydrogens (tertiary/aromatic N) is 1. The highest BCUT2D eigenvalue weighted by molar-refractivity contribution is 5.81. The summed E-state index contributed by atoms with van der Waals surface area (Å²) in [6, 6.07) is 0.464. The molecule has 1 N–H and O–H groups in total. The summed E-state index contributed by atoms with van der Waals surface area (Å²) in [5.41, 5.74) is -0.469. The first-order chi connectivity index (χ1) is 7.55. The molecule has 1 aliphatic rings. The summed E-state index contributed by atoms with van der Waals surface area (Å²) < 4.78 is 5.18. The Kier molecular flexibility index (Phi) is 4.74. The van der Waals surface area contributed by atoms with E-state index in [0.717, 1.165) is 25.7 Å². The summed E-state index contributed by atoms with van der Waals surface area (Å²) in [4.78, 5) is 14.2. The molecule has 1 rings (SSSR count). The summed E-state index contributed by atoms with van der Waals surface area (Å²) in [7, 11) is 6.00. The molecule has 1 aliphatic carbocycles. The number of carbonyl (C=O) groups is 1. The van der Waals surface area contributed by atoms with Gasteiger partial charge in [-0.3, -0.25) is 4.79 Å². The Labute approximate surface area is 98.3 Å². The van der Waals surface area contributed by atoms with Gasteiger partial charge in [-0.1, -0.05) is 0 Å². The minimum atomic E-state index is -0.469. The lowest BCUT2D eigenvalue weighted by Gasteiger charge is -2.40. The second-order valence-corrected chi connectivity index (χ2v) is 4.77. The van der Waals surface area contributed by atoms with E-state index in [1.54, 1.807) is 0 Å². The van der Waals surface area contributed by atoms with Crippen molar-refractivity contribution in [1.82, 2.24) is 10.2 Å². The molecule has 4 heteroatoms. The van der Waals surface area contributed by atoms with E-state index in [1.165, 1.54) is 0 Å². The highest BCUT2D eigenvalue weighted by atomic mass is 16.5. The minimum absolute atomic E-state index is 0.0935. The zero-order chi connectivity index (χ0) is 12.2. The zero-order valence-electron chi connectivity index (χ0n) is 10.9. The number of likely N-dealkylation sites (N-methyl/N-ethyl adjacent to an activating group) is 1. The van der Waals surface area contributed by atoms with Crippen molar-refractivity contribution >= 4 is 5.97 Å². The lowest BCUT2D eigenvalue weighted by atomic mass is 9.78. The molecule has 94 valence electrons. The van der Waals surface area contributed by atoms with E-state index in [9.17, 15) is 4.79 Å². The standard InChI is InChI=1S/C12H24N2O2/c1-5-16-11(15)12(13-2)8-6-7-10(9-12)14(3)4/h10,13H,5-9H2,1-4H3. The number of rotatable bonds is 4. The maximum atomic E-state index is 12.0. The van der Waals surface area contributed by atoms with Gasteiger partial charge in [0.15, 0.2) is 0 Å². The van der Waals surface area contributed by atoms with Gasteiger partial charge in [-0.05, 0) is 53.8 Å². The number of hydrogen-bond donors (Lipinski definition) is 1. The van der Waals surface area contributed by atoms with E-state index in [2.05, 4.69) is 24.3 Å². The second-order valence-electron chi connectivity index (χ2n) is 4.77. The quantitative estimate of drug-likeness (QED) is 0.729. The second kappa shape index (κ2) is 5.64. The SMILES string of the molecule is CCOC(=O)C1(NC)CCCC(N(C)C)C1. The fraction of sp³-hybridized carbons (Fsp3) is 0.917. The Morgan fingerprint density at radius 2 is 2.25 bits per heavy atom. The van der Waals surface area contributed by atoms with E-state index >= 15 is 0 Å². The molecule has 0 spiro atoms. The molecule has 0 aromatic carbocycles. The fourth-order valence-electron chi connectivity index (χ4n) is 2.47. The van der Waals surface area contributed by atoms with Crippen molar-refractivity contribution in [2.75, 3.05) is 27.7 Å². The van der Waals surface area contributed by atoms with Gasteiger partial charge in [0.2, 0.25) is 0 Å². The monoisotopic (exact) mass is 228 g/mol. The molecule has 1 saturated carbocycles. The van der Waals surface area contributed by atoms with Crippen molar-refractivity contribution in [3.8, 4) is 0 Å². The first-order valence-electron chi connectivity index (χ1n) is 6.08. The van der Waals surface area contributed by atoms with Gasteiger partial charge in [-0.25, -0.2) is 0 Å². The van der Waals surface area contributed by atoms with Crippen molar-refractivity contribution in [1.29, 1.82) is 0 Å². The smallest absolute Gasteiger partial charge is 0.326 e. The number of nitrogens with one attached hydrogen (secondary N) is 1. The van der Waals surface area contributed by atoms with Crippen LogP contribution in [-0.4, -0.2) is 50.2 Å². The predicted molar refractivity (Wildman–Crippen MR) is 64.4 cm³/mol. The molecular weight excluding hydrogens is 204 g/mol. The van der Waals surface area contributed by atoms with E-state index in [4.69, 9.17) is 4.74 Å². The van der Waals surface area contributed by atoms with Crippen LogP contribution in [0.3, 0.4) is 0 Å². The molecule has 0 aromatic rings. The van der Waals surface area contributed by atoms with Crippen LogP contribution in [0.5, 0.6) is 0 Å². The van der Waals surface area contributed by atoms with Crippen LogP contribution in [0, 0.1) is 0 Å². The molecule has 0 aromatic heterocycles. The van der Waals surface area contributed by atoms with Gasteiger partial charge < -0.3 is 15.0 Å². The maximum absolute atomic E-state index is 12.0. The number of hydrogen-bond acceptors (Lipinski definition) is 4. The average molecular weight is 228 g/mol. The molecular formula is C12H24N2O2. The first-order valence-corrected chi connectivity index (χ1v) is 6.08. The summed E-state index contributed by atoms with van der Waals surface area (Å²) in [6.07, 6.45) is 3.96. The third-order valence-corrected chi connectivity index (χ3v) is 3.60. The Hall–Kier alpha value is -0.610. The van der Waals surface area contributed by atoms with Gasteiger partial charge in [0.25, 0.3) is 0 Å². The summed E-state index contributed by atoms with van der Waals surface area (Å²) >= 11 is 0. The molecule has 0 aliphatic heterocycles. The predicted octanol–water partition coefficient (Wildman–Crippen LogP) is 1.01. The Balaban J connectivity index is 2.74. The molecule has 16 heavy (non-hydrogen) atoms. The lowest BCUT2D eigenvalue weighted by Crippen LogP contribution is -2.57. The van der Waals surface area contributed by atoms with E-state index < -0.39 is 5.54 Å². The van der Waals surface area contributed by atoms with Crippen LogP contribution in [0.1, 0.15) is 32.6 Å². The van der Waals surface area contributed by atoms with Crippen LogP contribution >= 0.6 is 0 Å². The van der Waals surface area contributed by atoms with Crippen LogP contribution in [0.15, 0.2) is 0 Å². The molecule has 2 atom stereocenters. The average Bonchev–Trinajstić information content (AvgIpc) is 2.29. The Bertz CT molecular complexity index is 243. The molecule has 2 unspecified atom stereocenters. The number of ether oxygens (including phenoxy) is 1. The molecule has 0 bridgehead atoms. The van der Waals surface area contributed by atoms with Crippen LogP contribution in [-0.2, 0) is 9.53 Å². The molecule has 0 amide bonds. The van der Waals surface area contributed by atoms with Gasteiger partial charge in [0.1, 0.15) is 5.54 Å². The topological polar surface area (TPSA) is 41.6 Å². The maximum Gasteiger partial charge on any atom is 0.326 e. The minimum Gasteiger partial charge on any atom is -0.465 e. The Morgan fingerprint density at radius 3 is 2.75 bits per heavy atom. The van der Waals surface area contributed by atoms with Gasteiger partial charge in [0, 0.05) is 6.04 Å². The summed E-state index contributed by atoms with van der Waals surface area (Å²) in [6.45, 7) is 2.31. The Morgan fingerprint density at radius 1 is 1.56 bits per heavy atom. The molecule has 0 saturated heterocycles. The van der Waals surface area contributed by atoms with Crippen LogP contribution in [0.2, 0.25) is 0 Å². The van der Waals surface area contributed by atoms with Crippen molar-refractivity contribution < 1.29 is 9.53 Å². The third-order valence-electron chi connectivity index (χ3n) is 3.60. The van der Waals surface area contributed by atoms with Gasteiger partial charge in [-0.2, -0.15) is 0 Å². The molecule has 0 heterocycles. The van der Waals surface area contributed by atoms with Crippen LogP contribution < -0.4 is 5.32 Å². The highest BCUT2D eigenvalue weighted by Crippen LogP contribution is 2.31. The van der Waals surface area contributed by atoms with Gasteiger partial charge in [0.05, 0.1) is 6.61 Å². The molecule has 1 fully saturated rings. The van der Waals surface area contributed by atoms with Crippen molar-refractivity contribution in [3.63, 3.8) is 0 Å². The largest absolute Gasteiger partial charge is 0.465 e. The lowest BCUT2D eigenvalue weighted by molar-refractivity contribution is -0.153. The third kappa shape index (κ3) is 2.74. The van der Waals surface area contributed by atoms with Crippen molar-refractivity contribution in [2.24, 2.45) is 0 Å². The van der Waals surface area contributed by atoms with Crippen molar-refractivity contribution in [2.45, 2.75) is 44.2 Å². The van der Waals surface area contributed by atoms with E-state index in [-0.39, 0.29) is 5.97 Å². The van der Waals surface area contributed by atoms with Gasteiger partial charge >= 0.3 is 5.97 Å². The number of esters is 1. The number of carbonyl (C=O) groups excluding carboxylic acids is 1. The highest BCUT2D eigenvalue weighted by Gasteiger charge is 2.43. The van der Waals surface area contributed by atoms with Crippen molar-refractivity contribution in [3.05, 3.63) is 0 Å². The zero-order valence-corrected chi connectivity index (χ0v) is 10.9.